The van der Waals surface area contributed by atoms with Gasteiger partial charge in [-0.1, -0.05) is 32.0 Å². The van der Waals surface area contributed by atoms with E-state index in [0.717, 1.165) is 12.0 Å². The van der Waals surface area contributed by atoms with Crippen molar-refractivity contribution in [2.75, 3.05) is 6.61 Å². The Morgan fingerprint density at radius 1 is 1.24 bits per heavy atom. The molecule has 0 radical (unpaired) electrons. The number of carbonyl (C=O) groups is 1. The molecule has 1 aliphatic heterocycles. The summed E-state index contributed by atoms with van der Waals surface area (Å²) in [6.45, 7) is 9.14. The van der Waals surface area contributed by atoms with Crippen molar-refractivity contribution in [3.63, 3.8) is 0 Å². The molecule has 1 heterocycles. The van der Waals surface area contributed by atoms with Gasteiger partial charge in [-0.3, -0.25) is 0 Å². The highest BCUT2D eigenvalue weighted by Gasteiger charge is 2.47. The van der Waals surface area contributed by atoms with Crippen LogP contribution in [0, 0.1) is 5.41 Å². The zero-order chi connectivity index (χ0) is 18.1. The molecule has 2 atom stereocenters. The maximum atomic E-state index is 12.0. The molecule has 0 bridgehead atoms. The van der Waals surface area contributed by atoms with Gasteiger partial charge in [-0.2, -0.15) is 0 Å². The minimum atomic E-state index is -0.294. The van der Waals surface area contributed by atoms with Crippen LogP contribution in [0.25, 0.3) is 0 Å². The highest BCUT2D eigenvalue weighted by atomic mass is 16.5. The van der Waals surface area contributed by atoms with Crippen molar-refractivity contribution >= 4 is 5.97 Å². The molecule has 0 saturated heterocycles. The fourth-order valence-corrected chi connectivity index (χ4v) is 4.09. The molecule has 3 nitrogen and oxygen atoms in total. The topological polar surface area (TPSA) is 35.5 Å². The van der Waals surface area contributed by atoms with Gasteiger partial charge in [-0.05, 0) is 74.0 Å². The van der Waals surface area contributed by atoms with E-state index in [1.165, 1.54) is 18.4 Å². The Labute approximate surface area is 150 Å². The van der Waals surface area contributed by atoms with E-state index in [2.05, 4.69) is 26.8 Å². The van der Waals surface area contributed by atoms with Crippen molar-refractivity contribution in [1.29, 1.82) is 0 Å². The SMILES string of the molecule is C/C(=C\COC(=O)c1ccccc1)[C@H]1C=C2C(C)(C)CCC[C@@]2(C)O1. The molecular formula is C22H28O3. The van der Waals surface area contributed by atoms with Crippen LogP contribution in [0.4, 0.5) is 0 Å². The number of rotatable bonds is 4. The summed E-state index contributed by atoms with van der Waals surface area (Å²) in [5, 5.41) is 0. The lowest BCUT2D eigenvalue weighted by Gasteiger charge is -2.42. The average molecular weight is 340 g/mol. The Morgan fingerprint density at radius 2 is 1.96 bits per heavy atom. The third-order valence-corrected chi connectivity index (χ3v) is 5.54. The highest BCUT2D eigenvalue weighted by Crippen LogP contribution is 2.51. The number of ether oxygens (including phenoxy) is 2. The molecule has 0 aromatic heterocycles. The first kappa shape index (κ1) is 17.9. The Kier molecular flexibility index (Phi) is 4.88. The molecule has 3 heteroatoms. The van der Waals surface area contributed by atoms with Crippen LogP contribution in [-0.4, -0.2) is 24.3 Å². The van der Waals surface area contributed by atoms with Gasteiger partial charge in [0.2, 0.25) is 0 Å². The molecule has 1 fully saturated rings. The van der Waals surface area contributed by atoms with Crippen LogP contribution >= 0.6 is 0 Å². The third kappa shape index (κ3) is 3.72. The molecule has 2 aliphatic rings. The van der Waals surface area contributed by atoms with Crippen LogP contribution < -0.4 is 0 Å². The number of carbonyl (C=O) groups excluding carboxylic acids is 1. The first-order chi connectivity index (χ1) is 11.8. The number of benzene rings is 1. The monoisotopic (exact) mass is 340 g/mol. The van der Waals surface area contributed by atoms with Crippen molar-refractivity contribution in [2.45, 2.75) is 58.7 Å². The molecular weight excluding hydrogens is 312 g/mol. The minimum absolute atomic E-state index is 0.0206. The number of hydrogen-bond donors (Lipinski definition) is 0. The fourth-order valence-electron chi connectivity index (χ4n) is 4.09. The quantitative estimate of drug-likeness (QED) is 0.566. The van der Waals surface area contributed by atoms with Crippen LogP contribution in [0.2, 0.25) is 0 Å². The lowest BCUT2D eigenvalue weighted by Crippen LogP contribution is -2.39. The molecule has 0 unspecified atom stereocenters. The summed E-state index contributed by atoms with van der Waals surface area (Å²) < 4.78 is 11.7. The zero-order valence-corrected chi connectivity index (χ0v) is 15.7. The molecule has 0 spiro atoms. The Morgan fingerprint density at radius 3 is 2.64 bits per heavy atom. The van der Waals surface area contributed by atoms with Gasteiger partial charge in [-0.15, -0.1) is 0 Å². The second kappa shape index (κ2) is 6.80. The Balaban J connectivity index is 1.64. The van der Waals surface area contributed by atoms with Crippen molar-refractivity contribution in [3.8, 4) is 0 Å². The van der Waals surface area contributed by atoms with Crippen LogP contribution in [0.15, 0.2) is 53.6 Å². The van der Waals surface area contributed by atoms with Crippen LogP contribution in [0.3, 0.4) is 0 Å². The molecule has 0 N–H and O–H groups in total. The summed E-state index contributed by atoms with van der Waals surface area (Å²) in [5.41, 5.74) is 3.14. The minimum Gasteiger partial charge on any atom is -0.458 e. The first-order valence-electron chi connectivity index (χ1n) is 9.11. The van der Waals surface area contributed by atoms with E-state index in [9.17, 15) is 4.79 Å². The van der Waals surface area contributed by atoms with Crippen molar-refractivity contribution < 1.29 is 14.3 Å². The molecule has 0 amide bonds. The van der Waals surface area contributed by atoms with E-state index in [4.69, 9.17) is 9.47 Å². The maximum Gasteiger partial charge on any atom is 0.338 e. The van der Waals surface area contributed by atoms with Crippen LogP contribution in [-0.2, 0) is 9.47 Å². The molecule has 1 aromatic rings. The molecule has 1 saturated carbocycles. The second-order valence-corrected chi connectivity index (χ2v) is 8.00. The Hall–Kier alpha value is -1.87. The van der Waals surface area contributed by atoms with Gasteiger partial charge >= 0.3 is 5.97 Å². The van der Waals surface area contributed by atoms with Crippen molar-refractivity contribution in [1.82, 2.24) is 0 Å². The summed E-state index contributed by atoms with van der Waals surface area (Å²) in [6.07, 6.45) is 7.70. The Bertz CT molecular complexity index is 699. The van der Waals surface area contributed by atoms with E-state index in [-0.39, 0.29) is 29.7 Å². The summed E-state index contributed by atoms with van der Waals surface area (Å²) in [5.74, 6) is -0.294. The van der Waals surface area contributed by atoms with Crippen molar-refractivity contribution in [2.24, 2.45) is 5.41 Å². The van der Waals surface area contributed by atoms with Gasteiger partial charge in [0.1, 0.15) is 6.61 Å². The normalized spacial score (nSPS) is 28.2. The lowest BCUT2D eigenvalue weighted by molar-refractivity contribution is -0.0310. The largest absolute Gasteiger partial charge is 0.458 e. The maximum absolute atomic E-state index is 12.0. The van der Waals surface area contributed by atoms with Gasteiger partial charge in [0, 0.05) is 0 Å². The predicted molar refractivity (Wildman–Crippen MR) is 99.5 cm³/mol. The van der Waals surface area contributed by atoms with E-state index < -0.39 is 0 Å². The van der Waals surface area contributed by atoms with E-state index in [0.29, 0.717) is 5.56 Å². The molecule has 1 aromatic carbocycles. The average Bonchev–Trinajstić information content (AvgIpc) is 2.94. The van der Waals surface area contributed by atoms with Crippen molar-refractivity contribution in [3.05, 3.63) is 59.2 Å². The molecule has 1 aliphatic carbocycles. The number of esters is 1. The van der Waals surface area contributed by atoms with Gasteiger partial charge in [0.25, 0.3) is 0 Å². The second-order valence-electron chi connectivity index (χ2n) is 8.00. The zero-order valence-electron chi connectivity index (χ0n) is 15.7. The molecule has 25 heavy (non-hydrogen) atoms. The van der Waals surface area contributed by atoms with Gasteiger partial charge < -0.3 is 9.47 Å². The number of fused-ring (bicyclic) bond motifs is 1. The third-order valence-electron chi connectivity index (χ3n) is 5.54. The fraction of sp³-hybridized carbons (Fsp3) is 0.500. The van der Waals surface area contributed by atoms with E-state index in [1.54, 1.807) is 12.1 Å². The summed E-state index contributed by atoms with van der Waals surface area (Å²) in [7, 11) is 0. The first-order valence-corrected chi connectivity index (χ1v) is 9.11. The highest BCUT2D eigenvalue weighted by molar-refractivity contribution is 5.89. The molecule has 3 rings (SSSR count). The van der Waals surface area contributed by atoms with Crippen LogP contribution in [0.1, 0.15) is 57.3 Å². The standard InChI is InChI=1S/C22H28O3/c1-16(11-14-24-20(23)17-9-6-5-7-10-17)18-15-19-21(2,3)12-8-13-22(19,4)25-18/h5-7,9-11,15,18H,8,12-14H2,1-4H3/b16-11+/t18-,22-/m1/s1. The predicted octanol–water partition coefficient (Wildman–Crippen LogP) is 5.08. The van der Waals surface area contributed by atoms with E-state index in [1.807, 2.05) is 31.2 Å². The summed E-state index contributed by atoms with van der Waals surface area (Å²) >= 11 is 0. The summed E-state index contributed by atoms with van der Waals surface area (Å²) in [6, 6.07) is 9.07. The van der Waals surface area contributed by atoms with Gasteiger partial charge in [0.15, 0.2) is 0 Å². The van der Waals surface area contributed by atoms with Gasteiger partial charge in [-0.25, -0.2) is 4.79 Å². The smallest absolute Gasteiger partial charge is 0.338 e. The van der Waals surface area contributed by atoms with Crippen LogP contribution in [0.5, 0.6) is 0 Å². The summed E-state index contributed by atoms with van der Waals surface area (Å²) in [4.78, 5) is 12.0. The lowest BCUT2D eigenvalue weighted by atomic mass is 9.67. The number of hydrogen-bond acceptors (Lipinski definition) is 3. The van der Waals surface area contributed by atoms with Gasteiger partial charge in [0.05, 0.1) is 17.3 Å². The molecule has 134 valence electrons. The van der Waals surface area contributed by atoms with E-state index >= 15 is 0 Å².